The minimum Gasteiger partial charge on any atom is -0.487 e. The lowest BCUT2D eigenvalue weighted by molar-refractivity contribution is 0.0977. The predicted octanol–water partition coefficient (Wildman–Crippen LogP) is 4.14. The van der Waals surface area contributed by atoms with Crippen molar-refractivity contribution in [3.8, 4) is 5.75 Å². The summed E-state index contributed by atoms with van der Waals surface area (Å²) in [5, 5.41) is 5.80. The second-order valence-corrected chi connectivity index (χ2v) is 5.75. The molecule has 0 bridgehead atoms. The van der Waals surface area contributed by atoms with Crippen LogP contribution < -0.4 is 15.4 Å². The van der Waals surface area contributed by atoms with Crippen molar-refractivity contribution in [1.29, 1.82) is 0 Å². The molecule has 4 nitrogen and oxygen atoms in total. The van der Waals surface area contributed by atoms with Gasteiger partial charge in [0.1, 0.15) is 12.4 Å². The molecule has 0 aliphatic carbocycles. The van der Waals surface area contributed by atoms with E-state index in [9.17, 15) is 4.79 Å². The maximum absolute atomic E-state index is 12.2. The molecular weight excluding hydrogens is 376 g/mol. The normalized spacial score (nSPS) is 9.78. The van der Waals surface area contributed by atoms with Crippen LogP contribution in [0.4, 0.5) is 5.69 Å². The third kappa shape index (κ3) is 4.91. The Kier molecular flexibility index (Phi) is 6.31. The Labute approximate surface area is 148 Å². The Morgan fingerprint density at radius 3 is 2.65 bits per heavy atom. The van der Waals surface area contributed by atoms with Gasteiger partial charge in [-0.05, 0) is 52.4 Å². The Hall–Kier alpha value is -2.18. The van der Waals surface area contributed by atoms with Crippen molar-refractivity contribution in [3.63, 3.8) is 0 Å². The second kappa shape index (κ2) is 8.45. The summed E-state index contributed by atoms with van der Waals surface area (Å²) in [5.41, 5.74) is 1.18. The first-order valence-corrected chi connectivity index (χ1v) is 8.01. The van der Waals surface area contributed by atoms with Crippen molar-refractivity contribution < 1.29 is 9.53 Å². The minimum absolute atomic E-state index is 0.195. The summed E-state index contributed by atoms with van der Waals surface area (Å²) in [5.74, 6) is 0.337. The Bertz CT molecular complexity index is 734. The molecular formula is C17H15BrN2O2S. The topological polar surface area (TPSA) is 50.4 Å². The number of amides is 1. The predicted molar refractivity (Wildman–Crippen MR) is 100.0 cm³/mol. The number of ether oxygens (including phenoxy) is 1. The van der Waals surface area contributed by atoms with Gasteiger partial charge in [-0.25, -0.2) is 0 Å². The quantitative estimate of drug-likeness (QED) is 0.594. The minimum atomic E-state index is -0.292. The van der Waals surface area contributed by atoms with Crippen LogP contribution in [0, 0.1) is 0 Å². The standard InChI is InChI=1S/C17H15BrN2O2S/c1-2-11-22-15-10-6-5-9-14(15)19-17(23)20-16(21)12-7-3-4-8-13(12)18/h2-10H,1,11H2,(H2,19,20,21,23). The number of rotatable bonds is 5. The van der Waals surface area contributed by atoms with Gasteiger partial charge in [0.25, 0.3) is 5.91 Å². The largest absolute Gasteiger partial charge is 0.487 e. The van der Waals surface area contributed by atoms with E-state index in [1.54, 1.807) is 24.3 Å². The lowest BCUT2D eigenvalue weighted by Gasteiger charge is -2.14. The average molecular weight is 391 g/mol. The fourth-order valence-corrected chi connectivity index (χ4v) is 2.48. The first-order valence-electron chi connectivity index (χ1n) is 6.81. The number of carbonyl (C=O) groups excluding carboxylic acids is 1. The van der Waals surface area contributed by atoms with Gasteiger partial charge in [0, 0.05) is 4.47 Å². The van der Waals surface area contributed by atoms with Gasteiger partial charge in [-0.3, -0.25) is 10.1 Å². The van der Waals surface area contributed by atoms with Crippen LogP contribution in [0.2, 0.25) is 0 Å². The van der Waals surface area contributed by atoms with Gasteiger partial charge in [0.15, 0.2) is 5.11 Å². The monoisotopic (exact) mass is 390 g/mol. The van der Waals surface area contributed by atoms with Crippen molar-refractivity contribution in [1.82, 2.24) is 5.32 Å². The number of hydrogen-bond acceptors (Lipinski definition) is 3. The molecule has 0 unspecified atom stereocenters. The van der Waals surface area contributed by atoms with Gasteiger partial charge >= 0.3 is 0 Å². The van der Waals surface area contributed by atoms with E-state index in [1.165, 1.54) is 0 Å². The highest BCUT2D eigenvalue weighted by Gasteiger charge is 2.12. The number of thiocarbonyl (C=S) groups is 1. The van der Waals surface area contributed by atoms with Crippen molar-refractivity contribution in [2.75, 3.05) is 11.9 Å². The molecule has 0 aromatic heterocycles. The van der Waals surface area contributed by atoms with Crippen LogP contribution >= 0.6 is 28.1 Å². The molecule has 0 heterocycles. The Morgan fingerprint density at radius 2 is 1.91 bits per heavy atom. The van der Waals surface area contributed by atoms with Crippen molar-refractivity contribution in [3.05, 3.63) is 71.2 Å². The Morgan fingerprint density at radius 1 is 1.22 bits per heavy atom. The molecule has 0 aliphatic heterocycles. The number of halogens is 1. The summed E-state index contributed by atoms with van der Waals surface area (Å²) in [4.78, 5) is 12.2. The number of benzene rings is 2. The number of hydrogen-bond donors (Lipinski definition) is 2. The summed E-state index contributed by atoms with van der Waals surface area (Å²) in [6, 6.07) is 14.5. The molecule has 2 rings (SSSR count). The maximum atomic E-state index is 12.2. The van der Waals surface area contributed by atoms with Gasteiger partial charge < -0.3 is 10.1 Å². The SMILES string of the molecule is C=CCOc1ccccc1NC(=S)NC(=O)c1ccccc1Br. The first kappa shape index (κ1) is 17.2. The van der Waals surface area contributed by atoms with Crippen LogP contribution in [0.25, 0.3) is 0 Å². The van der Waals surface area contributed by atoms with Crippen LogP contribution in [-0.2, 0) is 0 Å². The van der Waals surface area contributed by atoms with E-state index in [2.05, 4.69) is 33.1 Å². The first-order chi connectivity index (χ1) is 11.1. The van der Waals surface area contributed by atoms with Crippen LogP contribution in [-0.4, -0.2) is 17.6 Å². The highest BCUT2D eigenvalue weighted by Crippen LogP contribution is 2.23. The van der Waals surface area contributed by atoms with Crippen LogP contribution in [0.5, 0.6) is 5.75 Å². The van der Waals surface area contributed by atoms with Crippen LogP contribution in [0.1, 0.15) is 10.4 Å². The molecule has 0 spiro atoms. The molecule has 2 aromatic rings. The molecule has 6 heteroatoms. The lowest BCUT2D eigenvalue weighted by Crippen LogP contribution is -2.34. The average Bonchev–Trinajstić information content (AvgIpc) is 2.54. The molecule has 0 atom stereocenters. The summed E-state index contributed by atoms with van der Waals surface area (Å²) >= 11 is 8.53. The van der Waals surface area contributed by atoms with E-state index in [0.717, 1.165) is 0 Å². The van der Waals surface area contributed by atoms with Gasteiger partial charge in [0.2, 0.25) is 0 Å². The number of para-hydroxylation sites is 2. The zero-order valence-electron chi connectivity index (χ0n) is 12.2. The van der Waals surface area contributed by atoms with Crippen LogP contribution in [0.15, 0.2) is 65.7 Å². The van der Waals surface area contributed by atoms with E-state index in [4.69, 9.17) is 17.0 Å². The Balaban J connectivity index is 2.04. The molecule has 1 amide bonds. The summed E-state index contributed by atoms with van der Waals surface area (Å²) in [7, 11) is 0. The smallest absolute Gasteiger partial charge is 0.258 e. The van der Waals surface area contributed by atoms with Gasteiger partial charge in [-0.2, -0.15) is 0 Å². The fraction of sp³-hybridized carbons (Fsp3) is 0.0588. The van der Waals surface area contributed by atoms with E-state index < -0.39 is 0 Å². The maximum Gasteiger partial charge on any atom is 0.258 e. The summed E-state index contributed by atoms with van der Waals surface area (Å²) < 4.78 is 6.24. The van der Waals surface area contributed by atoms with Crippen molar-refractivity contribution >= 4 is 44.9 Å². The van der Waals surface area contributed by atoms with Gasteiger partial charge in [-0.15, -0.1) is 0 Å². The zero-order valence-corrected chi connectivity index (χ0v) is 14.6. The molecule has 0 aliphatic rings. The van der Waals surface area contributed by atoms with E-state index in [1.807, 2.05) is 30.3 Å². The van der Waals surface area contributed by atoms with Gasteiger partial charge in [0.05, 0.1) is 11.3 Å². The highest BCUT2D eigenvalue weighted by molar-refractivity contribution is 9.10. The van der Waals surface area contributed by atoms with E-state index in [-0.39, 0.29) is 11.0 Å². The molecule has 0 fully saturated rings. The van der Waals surface area contributed by atoms with E-state index >= 15 is 0 Å². The number of anilines is 1. The zero-order chi connectivity index (χ0) is 16.7. The lowest BCUT2D eigenvalue weighted by atomic mass is 10.2. The van der Waals surface area contributed by atoms with Crippen molar-refractivity contribution in [2.45, 2.75) is 0 Å². The van der Waals surface area contributed by atoms with Crippen molar-refractivity contribution in [2.24, 2.45) is 0 Å². The fourth-order valence-electron chi connectivity index (χ4n) is 1.81. The molecule has 0 saturated carbocycles. The van der Waals surface area contributed by atoms with Crippen LogP contribution in [0.3, 0.4) is 0 Å². The van der Waals surface area contributed by atoms with Gasteiger partial charge in [-0.1, -0.05) is 36.9 Å². The molecule has 118 valence electrons. The summed E-state index contributed by atoms with van der Waals surface area (Å²) in [6.45, 7) is 4.00. The number of carbonyl (C=O) groups is 1. The molecule has 2 N–H and O–H groups in total. The molecule has 23 heavy (non-hydrogen) atoms. The third-order valence-corrected chi connectivity index (χ3v) is 3.73. The second-order valence-electron chi connectivity index (χ2n) is 4.48. The molecule has 0 radical (unpaired) electrons. The number of nitrogens with one attached hydrogen (secondary N) is 2. The van der Waals surface area contributed by atoms with E-state index in [0.29, 0.717) is 28.1 Å². The molecule has 0 saturated heterocycles. The summed E-state index contributed by atoms with van der Waals surface area (Å²) in [6.07, 6.45) is 1.66. The molecule has 2 aromatic carbocycles. The third-order valence-electron chi connectivity index (χ3n) is 2.84. The highest BCUT2D eigenvalue weighted by atomic mass is 79.9.